The van der Waals surface area contributed by atoms with Crippen LogP contribution < -0.4 is 10.1 Å². The molecule has 0 saturated heterocycles. The number of nitrogens with one attached hydrogen (secondary N) is 1. The van der Waals surface area contributed by atoms with Crippen molar-refractivity contribution in [3.8, 4) is 5.75 Å². The highest BCUT2D eigenvalue weighted by molar-refractivity contribution is 7.10. The molecule has 1 aromatic carbocycles. The summed E-state index contributed by atoms with van der Waals surface area (Å²) < 4.78 is 10.8. The number of carbonyl (C=O) groups is 2. The fraction of sp³-hybridized carbons (Fsp3) is 0.500. The average molecular weight is 445 g/mol. The largest absolute Gasteiger partial charge is 0.494 e. The number of carbonyl (C=O) groups excluding carboxylic acids is 2. The molecular formula is C24H32N2O4S. The van der Waals surface area contributed by atoms with Crippen LogP contribution in [-0.2, 0) is 20.7 Å². The van der Waals surface area contributed by atoms with Gasteiger partial charge < -0.3 is 19.7 Å². The van der Waals surface area contributed by atoms with E-state index in [4.69, 9.17) is 9.47 Å². The monoisotopic (exact) mass is 444 g/mol. The lowest BCUT2D eigenvalue weighted by Gasteiger charge is -2.32. The van der Waals surface area contributed by atoms with Crippen molar-refractivity contribution in [2.75, 3.05) is 26.9 Å². The van der Waals surface area contributed by atoms with Crippen molar-refractivity contribution < 1.29 is 19.1 Å². The lowest BCUT2D eigenvalue weighted by molar-refractivity contribution is -0.141. The van der Waals surface area contributed by atoms with Gasteiger partial charge in [-0.3, -0.25) is 9.59 Å². The van der Waals surface area contributed by atoms with E-state index >= 15 is 0 Å². The van der Waals surface area contributed by atoms with Crippen molar-refractivity contribution in [2.24, 2.45) is 0 Å². The van der Waals surface area contributed by atoms with Crippen LogP contribution in [0.15, 0.2) is 41.8 Å². The summed E-state index contributed by atoms with van der Waals surface area (Å²) in [5.41, 5.74) is 0.773. The first kappa shape index (κ1) is 23.3. The fourth-order valence-corrected chi connectivity index (χ4v) is 4.68. The van der Waals surface area contributed by atoms with Crippen LogP contribution in [0.2, 0.25) is 0 Å². The fourth-order valence-electron chi connectivity index (χ4n) is 3.99. The number of ether oxygens (including phenoxy) is 2. The topological polar surface area (TPSA) is 67.9 Å². The number of methoxy groups -OCH3 is 1. The molecule has 1 aliphatic carbocycles. The maximum Gasteiger partial charge on any atom is 0.247 e. The van der Waals surface area contributed by atoms with Gasteiger partial charge in [0.1, 0.15) is 11.8 Å². The van der Waals surface area contributed by atoms with Gasteiger partial charge in [0.2, 0.25) is 11.8 Å². The lowest BCUT2D eigenvalue weighted by atomic mass is 10.0. The third-order valence-electron chi connectivity index (χ3n) is 5.53. The van der Waals surface area contributed by atoms with Crippen LogP contribution in [0.3, 0.4) is 0 Å². The number of thiophene rings is 1. The number of benzene rings is 1. The normalized spacial score (nSPS) is 14.9. The molecule has 2 amide bonds. The van der Waals surface area contributed by atoms with Gasteiger partial charge in [-0.05, 0) is 48.9 Å². The Morgan fingerprint density at radius 3 is 2.55 bits per heavy atom. The average Bonchev–Trinajstić information content (AvgIpc) is 3.46. The summed E-state index contributed by atoms with van der Waals surface area (Å²) in [7, 11) is 1.60. The van der Waals surface area contributed by atoms with E-state index in [1.54, 1.807) is 23.3 Å². The molecule has 0 bridgehead atoms. The first-order valence-corrected chi connectivity index (χ1v) is 11.8. The molecule has 1 aromatic heterocycles. The third kappa shape index (κ3) is 6.55. The standard InChI is InChI=1S/C24H32N2O4S/c1-3-30-20-12-10-18(11-13-20)23(24(28)25-19-7-4-5-8-19)26(14-15-29-2)22(27)17-21-9-6-16-31-21/h6,9-13,16,19,23H,3-5,7-8,14-15,17H2,1-2H3,(H,25,28). The van der Waals surface area contributed by atoms with Crippen LogP contribution >= 0.6 is 11.3 Å². The third-order valence-corrected chi connectivity index (χ3v) is 6.41. The molecule has 0 aliphatic heterocycles. The molecular weight excluding hydrogens is 412 g/mol. The second kappa shape index (κ2) is 11.9. The molecule has 6 nitrogen and oxygen atoms in total. The van der Waals surface area contributed by atoms with Crippen molar-refractivity contribution in [2.45, 2.75) is 51.1 Å². The van der Waals surface area contributed by atoms with Gasteiger partial charge >= 0.3 is 0 Å². The summed E-state index contributed by atoms with van der Waals surface area (Å²) in [4.78, 5) is 29.4. The van der Waals surface area contributed by atoms with Crippen molar-refractivity contribution in [1.82, 2.24) is 10.2 Å². The van der Waals surface area contributed by atoms with Gasteiger partial charge in [0.05, 0.1) is 19.6 Å². The molecule has 1 N–H and O–H groups in total. The summed E-state index contributed by atoms with van der Waals surface area (Å²) in [6, 6.07) is 10.8. The van der Waals surface area contributed by atoms with Crippen LogP contribution in [-0.4, -0.2) is 49.6 Å². The van der Waals surface area contributed by atoms with Crippen LogP contribution in [0.25, 0.3) is 0 Å². The predicted molar refractivity (Wildman–Crippen MR) is 122 cm³/mol. The number of rotatable bonds is 11. The summed E-state index contributed by atoms with van der Waals surface area (Å²) in [6.07, 6.45) is 4.50. The number of hydrogen-bond donors (Lipinski definition) is 1. The molecule has 1 heterocycles. The summed E-state index contributed by atoms with van der Waals surface area (Å²) in [5.74, 6) is 0.529. The van der Waals surface area contributed by atoms with E-state index in [2.05, 4.69) is 5.32 Å². The van der Waals surface area contributed by atoms with Crippen LogP contribution in [0.4, 0.5) is 0 Å². The number of nitrogens with zero attached hydrogens (tertiary/aromatic N) is 1. The van der Waals surface area contributed by atoms with E-state index in [1.807, 2.05) is 48.7 Å². The van der Waals surface area contributed by atoms with Gasteiger partial charge in [0.15, 0.2) is 0 Å². The smallest absolute Gasteiger partial charge is 0.247 e. The first-order valence-electron chi connectivity index (χ1n) is 11.0. The Morgan fingerprint density at radius 2 is 1.94 bits per heavy atom. The molecule has 2 aromatic rings. The Bertz CT molecular complexity index is 817. The Morgan fingerprint density at radius 1 is 1.19 bits per heavy atom. The number of amides is 2. The maximum atomic E-state index is 13.4. The number of hydrogen-bond acceptors (Lipinski definition) is 5. The predicted octanol–water partition coefficient (Wildman–Crippen LogP) is 3.96. The van der Waals surface area contributed by atoms with Gasteiger partial charge in [-0.1, -0.05) is 31.0 Å². The minimum Gasteiger partial charge on any atom is -0.494 e. The lowest BCUT2D eigenvalue weighted by Crippen LogP contribution is -2.47. The van der Waals surface area contributed by atoms with E-state index in [9.17, 15) is 9.59 Å². The molecule has 1 unspecified atom stereocenters. The second-order valence-electron chi connectivity index (χ2n) is 7.73. The molecule has 1 fully saturated rings. The molecule has 0 radical (unpaired) electrons. The van der Waals surface area contributed by atoms with Gasteiger partial charge in [-0.25, -0.2) is 0 Å². The van der Waals surface area contributed by atoms with Gasteiger partial charge in [0.25, 0.3) is 0 Å². The maximum absolute atomic E-state index is 13.4. The molecule has 31 heavy (non-hydrogen) atoms. The SMILES string of the molecule is CCOc1ccc(C(C(=O)NC2CCCC2)N(CCOC)C(=O)Cc2cccs2)cc1. The summed E-state index contributed by atoms with van der Waals surface area (Å²) in [5, 5.41) is 5.14. The Hall–Kier alpha value is -2.38. The van der Waals surface area contributed by atoms with Gasteiger partial charge in [-0.2, -0.15) is 0 Å². The van der Waals surface area contributed by atoms with Gasteiger partial charge in [0, 0.05) is 24.6 Å². The molecule has 1 atom stereocenters. The highest BCUT2D eigenvalue weighted by Crippen LogP contribution is 2.27. The van der Waals surface area contributed by atoms with Crippen LogP contribution in [0.1, 0.15) is 49.1 Å². The molecule has 1 aliphatic rings. The van der Waals surface area contributed by atoms with E-state index < -0.39 is 6.04 Å². The quantitative estimate of drug-likeness (QED) is 0.570. The summed E-state index contributed by atoms with van der Waals surface area (Å²) in [6.45, 7) is 3.21. The van der Waals surface area contributed by atoms with Crippen LogP contribution in [0.5, 0.6) is 5.75 Å². The van der Waals surface area contributed by atoms with E-state index in [0.717, 1.165) is 41.9 Å². The van der Waals surface area contributed by atoms with Gasteiger partial charge in [-0.15, -0.1) is 11.3 Å². The Labute approximate surface area is 188 Å². The minimum absolute atomic E-state index is 0.0834. The van der Waals surface area contributed by atoms with Crippen LogP contribution in [0, 0.1) is 0 Å². The van der Waals surface area contributed by atoms with Crippen molar-refractivity contribution in [1.29, 1.82) is 0 Å². The Balaban J connectivity index is 1.88. The summed E-state index contributed by atoms with van der Waals surface area (Å²) >= 11 is 1.55. The molecule has 7 heteroatoms. The molecule has 1 saturated carbocycles. The van der Waals surface area contributed by atoms with E-state index in [0.29, 0.717) is 19.8 Å². The van der Waals surface area contributed by atoms with Crippen molar-refractivity contribution >= 4 is 23.2 Å². The molecule has 3 rings (SSSR count). The van der Waals surface area contributed by atoms with E-state index in [-0.39, 0.29) is 24.3 Å². The minimum atomic E-state index is -0.709. The zero-order chi connectivity index (χ0) is 22.1. The highest BCUT2D eigenvalue weighted by Gasteiger charge is 2.33. The zero-order valence-corrected chi connectivity index (χ0v) is 19.2. The van der Waals surface area contributed by atoms with Crippen molar-refractivity contribution in [3.63, 3.8) is 0 Å². The zero-order valence-electron chi connectivity index (χ0n) is 18.3. The highest BCUT2D eigenvalue weighted by atomic mass is 32.1. The Kier molecular flexibility index (Phi) is 8.91. The van der Waals surface area contributed by atoms with Crippen molar-refractivity contribution in [3.05, 3.63) is 52.2 Å². The molecule has 0 spiro atoms. The second-order valence-corrected chi connectivity index (χ2v) is 8.76. The first-order chi connectivity index (χ1) is 15.1. The van der Waals surface area contributed by atoms with E-state index in [1.165, 1.54) is 0 Å². The molecule has 168 valence electrons.